The fourth-order valence-corrected chi connectivity index (χ4v) is 4.21. The smallest absolute Gasteiger partial charge is 0.191 e. The molecule has 2 aliphatic rings. The van der Waals surface area contributed by atoms with Crippen LogP contribution >= 0.6 is 24.0 Å². The van der Waals surface area contributed by atoms with E-state index in [-0.39, 0.29) is 24.0 Å². The Morgan fingerprint density at radius 1 is 1.16 bits per heavy atom. The number of nitrogens with zero attached hydrogens (tertiary/aromatic N) is 2. The standard InChI is InChI=1S/C25H42N4O2.HI/c1-3-26-25(27-13-5-16-30-20-24-6-4-17-31-24)28-18-22-11-14-29(15-12-22)19-23-9-7-21(2)8-10-23;/h7-10,22,24H,3-6,11-20H2,1-2H3,(H2,26,27,28);1H. The summed E-state index contributed by atoms with van der Waals surface area (Å²) in [5.41, 5.74) is 2.75. The Labute approximate surface area is 211 Å². The van der Waals surface area contributed by atoms with E-state index in [0.29, 0.717) is 12.0 Å². The van der Waals surface area contributed by atoms with Gasteiger partial charge in [0.15, 0.2) is 5.96 Å². The van der Waals surface area contributed by atoms with Crippen molar-refractivity contribution in [2.24, 2.45) is 10.9 Å². The van der Waals surface area contributed by atoms with Crippen LogP contribution in [0, 0.1) is 12.8 Å². The van der Waals surface area contributed by atoms with Crippen molar-refractivity contribution in [1.82, 2.24) is 15.5 Å². The van der Waals surface area contributed by atoms with E-state index >= 15 is 0 Å². The van der Waals surface area contributed by atoms with Crippen molar-refractivity contribution >= 4 is 29.9 Å². The Balaban J connectivity index is 0.00000363. The average molecular weight is 559 g/mol. The summed E-state index contributed by atoms with van der Waals surface area (Å²) in [5, 5.41) is 6.82. The molecule has 0 spiro atoms. The highest BCUT2D eigenvalue weighted by atomic mass is 127. The number of hydrogen-bond donors (Lipinski definition) is 2. The van der Waals surface area contributed by atoms with Gasteiger partial charge >= 0.3 is 0 Å². The highest BCUT2D eigenvalue weighted by Gasteiger charge is 2.19. The van der Waals surface area contributed by atoms with E-state index < -0.39 is 0 Å². The molecule has 1 aromatic rings. The molecule has 3 rings (SSSR count). The van der Waals surface area contributed by atoms with E-state index in [2.05, 4.69) is 53.6 Å². The summed E-state index contributed by atoms with van der Waals surface area (Å²) in [7, 11) is 0. The zero-order chi connectivity index (χ0) is 21.7. The summed E-state index contributed by atoms with van der Waals surface area (Å²) in [6.07, 6.45) is 6.06. The van der Waals surface area contributed by atoms with Crippen LogP contribution in [0.25, 0.3) is 0 Å². The SMILES string of the molecule is CCNC(=NCC1CCN(Cc2ccc(C)cc2)CC1)NCCCOCC1CCCO1.I. The van der Waals surface area contributed by atoms with Crippen molar-refractivity contribution in [1.29, 1.82) is 0 Å². The van der Waals surface area contributed by atoms with Crippen LogP contribution in [0.5, 0.6) is 0 Å². The third-order valence-corrected chi connectivity index (χ3v) is 6.17. The summed E-state index contributed by atoms with van der Waals surface area (Å²) < 4.78 is 11.3. The number of likely N-dealkylation sites (tertiary alicyclic amines) is 1. The molecule has 0 saturated carbocycles. The lowest BCUT2D eigenvalue weighted by molar-refractivity contribution is 0.0168. The van der Waals surface area contributed by atoms with Gasteiger partial charge in [-0.2, -0.15) is 0 Å². The summed E-state index contributed by atoms with van der Waals surface area (Å²) in [6.45, 7) is 12.7. The van der Waals surface area contributed by atoms with Gasteiger partial charge in [0.25, 0.3) is 0 Å². The van der Waals surface area contributed by atoms with Crippen LogP contribution in [0.15, 0.2) is 29.3 Å². The predicted molar refractivity (Wildman–Crippen MR) is 143 cm³/mol. The van der Waals surface area contributed by atoms with Crippen LogP contribution in [-0.4, -0.2) is 69.5 Å². The highest BCUT2D eigenvalue weighted by molar-refractivity contribution is 14.0. The van der Waals surface area contributed by atoms with Gasteiger partial charge in [-0.15, -0.1) is 24.0 Å². The predicted octanol–water partition coefficient (Wildman–Crippen LogP) is 3.97. The van der Waals surface area contributed by atoms with E-state index in [1.165, 1.54) is 43.5 Å². The molecule has 1 aromatic carbocycles. The number of aliphatic imine (C=N–C) groups is 1. The zero-order valence-electron chi connectivity index (χ0n) is 20.0. The second-order valence-electron chi connectivity index (χ2n) is 8.92. The minimum absolute atomic E-state index is 0. The number of hydrogen-bond acceptors (Lipinski definition) is 4. The number of halogens is 1. The van der Waals surface area contributed by atoms with Gasteiger partial charge in [-0.3, -0.25) is 9.89 Å². The van der Waals surface area contributed by atoms with Crippen LogP contribution < -0.4 is 10.6 Å². The summed E-state index contributed by atoms with van der Waals surface area (Å²) in [5.74, 6) is 1.61. The minimum atomic E-state index is 0. The molecular formula is C25H43IN4O2. The quantitative estimate of drug-likeness (QED) is 0.186. The first-order valence-electron chi connectivity index (χ1n) is 12.2. The monoisotopic (exact) mass is 558 g/mol. The molecule has 2 heterocycles. The maximum absolute atomic E-state index is 5.74. The fraction of sp³-hybridized carbons (Fsp3) is 0.720. The van der Waals surface area contributed by atoms with Gasteiger partial charge in [0.1, 0.15) is 0 Å². The molecule has 2 fully saturated rings. The highest BCUT2D eigenvalue weighted by Crippen LogP contribution is 2.19. The third-order valence-electron chi connectivity index (χ3n) is 6.17. The van der Waals surface area contributed by atoms with E-state index in [1.807, 2.05) is 0 Å². The van der Waals surface area contributed by atoms with Crippen LogP contribution in [0.3, 0.4) is 0 Å². The summed E-state index contributed by atoms with van der Waals surface area (Å²) >= 11 is 0. The molecular weight excluding hydrogens is 515 g/mol. The van der Waals surface area contributed by atoms with Crippen molar-refractivity contribution in [3.8, 4) is 0 Å². The largest absolute Gasteiger partial charge is 0.379 e. The normalized spacial score (nSPS) is 20.2. The molecule has 0 radical (unpaired) electrons. The van der Waals surface area contributed by atoms with Crippen LogP contribution in [0.4, 0.5) is 0 Å². The van der Waals surface area contributed by atoms with E-state index in [0.717, 1.165) is 64.8 Å². The number of benzene rings is 1. The van der Waals surface area contributed by atoms with E-state index in [9.17, 15) is 0 Å². The lowest BCUT2D eigenvalue weighted by Crippen LogP contribution is -2.39. The molecule has 7 heteroatoms. The maximum Gasteiger partial charge on any atom is 0.191 e. The Morgan fingerprint density at radius 3 is 2.62 bits per heavy atom. The molecule has 0 aromatic heterocycles. The molecule has 1 atom stereocenters. The minimum Gasteiger partial charge on any atom is -0.379 e. The Hall–Kier alpha value is -0.900. The molecule has 2 N–H and O–H groups in total. The lowest BCUT2D eigenvalue weighted by Gasteiger charge is -2.31. The molecule has 32 heavy (non-hydrogen) atoms. The van der Waals surface area contributed by atoms with Crippen molar-refractivity contribution in [2.75, 3.05) is 52.5 Å². The third kappa shape index (κ3) is 10.4. The summed E-state index contributed by atoms with van der Waals surface area (Å²) in [6, 6.07) is 8.94. The van der Waals surface area contributed by atoms with E-state index in [1.54, 1.807) is 0 Å². The second-order valence-corrected chi connectivity index (χ2v) is 8.92. The van der Waals surface area contributed by atoms with Crippen LogP contribution in [0.1, 0.15) is 50.2 Å². The van der Waals surface area contributed by atoms with Gasteiger partial charge in [-0.1, -0.05) is 29.8 Å². The second kappa shape index (κ2) is 15.9. The van der Waals surface area contributed by atoms with Crippen molar-refractivity contribution < 1.29 is 9.47 Å². The maximum atomic E-state index is 5.74. The molecule has 1 unspecified atom stereocenters. The van der Waals surface area contributed by atoms with Gasteiger partial charge < -0.3 is 20.1 Å². The lowest BCUT2D eigenvalue weighted by atomic mass is 9.96. The number of piperidine rings is 1. The van der Waals surface area contributed by atoms with Gasteiger partial charge in [0.2, 0.25) is 0 Å². The molecule has 0 aliphatic carbocycles. The zero-order valence-corrected chi connectivity index (χ0v) is 22.3. The number of guanidine groups is 1. The molecule has 182 valence electrons. The molecule has 6 nitrogen and oxygen atoms in total. The summed E-state index contributed by atoms with van der Waals surface area (Å²) in [4.78, 5) is 7.43. The number of rotatable bonds is 11. The van der Waals surface area contributed by atoms with Crippen molar-refractivity contribution in [3.63, 3.8) is 0 Å². The van der Waals surface area contributed by atoms with Crippen molar-refractivity contribution in [2.45, 2.75) is 58.6 Å². The Bertz CT molecular complexity index is 642. The van der Waals surface area contributed by atoms with E-state index in [4.69, 9.17) is 14.5 Å². The van der Waals surface area contributed by atoms with Gasteiger partial charge in [-0.25, -0.2) is 0 Å². The first-order chi connectivity index (χ1) is 15.2. The number of aryl methyl sites for hydroxylation is 1. The van der Waals surface area contributed by atoms with Gasteiger partial charge in [0.05, 0.1) is 12.7 Å². The number of ether oxygens (including phenoxy) is 2. The van der Waals surface area contributed by atoms with Crippen molar-refractivity contribution in [3.05, 3.63) is 35.4 Å². The number of nitrogens with one attached hydrogen (secondary N) is 2. The molecule has 2 aliphatic heterocycles. The molecule has 0 bridgehead atoms. The van der Waals surface area contributed by atoms with Crippen LogP contribution in [0.2, 0.25) is 0 Å². The Morgan fingerprint density at radius 2 is 1.94 bits per heavy atom. The first kappa shape index (κ1) is 27.3. The molecule has 0 amide bonds. The van der Waals surface area contributed by atoms with Gasteiger partial charge in [-0.05, 0) is 70.5 Å². The molecule has 2 saturated heterocycles. The topological polar surface area (TPSA) is 58.1 Å². The van der Waals surface area contributed by atoms with Gasteiger partial charge in [0, 0.05) is 39.4 Å². The first-order valence-corrected chi connectivity index (χ1v) is 12.2. The van der Waals surface area contributed by atoms with Crippen LogP contribution in [-0.2, 0) is 16.0 Å². The fourth-order valence-electron chi connectivity index (χ4n) is 4.21. The average Bonchev–Trinajstić information content (AvgIpc) is 3.30. The Kier molecular flexibility index (Phi) is 13.5.